The van der Waals surface area contributed by atoms with Crippen molar-refractivity contribution >= 4 is 17.9 Å². The van der Waals surface area contributed by atoms with Gasteiger partial charge in [-0.05, 0) is 75.2 Å². The number of amides is 2. The Morgan fingerprint density at radius 1 is 1.06 bits per heavy atom. The number of para-hydroxylation sites is 1. The van der Waals surface area contributed by atoms with E-state index in [9.17, 15) is 14.9 Å². The number of nitriles is 1. The van der Waals surface area contributed by atoms with E-state index in [4.69, 9.17) is 9.84 Å². The van der Waals surface area contributed by atoms with Crippen molar-refractivity contribution in [1.29, 1.82) is 5.26 Å². The van der Waals surface area contributed by atoms with Gasteiger partial charge in [-0.2, -0.15) is 10.4 Å². The summed E-state index contributed by atoms with van der Waals surface area (Å²) in [6.07, 6.45) is 3.61. The van der Waals surface area contributed by atoms with Crippen LogP contribution in [0.3, 0.4) is 0 Å². The molecule has 2 heterocycles. The molecule has 0 saturated carbocycles. The molecule has 1 aromatic heterocycles. The summed E-state index contributed by atoms with van der Waals surface area (Å²) in [4.78, 5) is 26.3. The lowest BCUT2D eigenvalue weighted by Gasteiger charge is -2.23. The van der Waals surface area contributed by atoms with E-state index in [0.29, 0.717) is 16.8 Å². The monoisotopic (exact) mass is 466 g/mol. The molecule has 0 fully saturated rings. The molecule has 0 bridgehead atoms. The Labute approximate surface area is 204 Å². The molecule has 4 rings (SSSR count). The SMILES string of the molecule is CC1=C(C#N)C(=O)N(C)C(=O)/C1=C/c1cn(-c2ccccc2)nc1-c1ccc(OC(C)C)cc1C. The number of carbonyl (C=O) groups is 2. The molecule has 0 radical (unpaired) electrons. The van der Waals surface area contributed by atoms with Crippen molar-refractivity contribution in [3.8, 4) is 28.8 Å². The van der Waals surface area contributed by atoms with Gasteiger partial charge in [-0.1, -0.05) is 18.2 Å². The van der Waals surface area contributed by atoms with Crippen LogP contribution in [-0.2, 0) is 9.59 Å². The predicted octanol–water partition coefficient (Wildman–Crippen LogP) is 4.86. The van der Waals surface area contributed by atoms with Gasteiger partial charge in [0.15, 0.2) is 0 Å². The molecule has 2 aromatic carbocycles. The Bertz CT molecular complexity index is 1420. The summed E-state index contributed by atoms with van der Waals surface area (Å²) in [6.45, 7) is 7.56. The standard InChI is InChI=1S/C28H26N4O3/c1-17(2)35-22-11-12-23(18(3)13-22)26-20(16-32(30-26)21-9-7-6-8-10-21)14-24-19(4)25(15-29)28(34)31(5)27(24)33/h6-14,16-17H,1-5H3/b24-14+. The predicted molar refractivity (Wildman–Crippen MR) is 134 cm³/mol. The first-order valence-electron chi connectivity index (χ1n) is 11.3. The third-order valence-corrected chi connectivity index (χ3v) is 5.83. The average molecular weight is 467 g/mol. The molecule has 0 spiro atoms. The van der Waals surface area contributed by atoms with E-state index in [0.717, 1.165) is 27.5 Å². The van der Waals surface area contributed by atoms with Crippen LogP contribution in [0.25, 0.3) is 23.0 Å². The van der Waals surface area contributed by atoms with Gasteiger partial charge in [0.1, 0.15) is 23.1 Å². The van der Waals surface area contributed by atoms with Crippen molar-refractivity contribution in [3.63, 3.8) is 0 Å². The molecule has 176 valence electrons. The highest BCUT2D eigenvalue weighted by Crippen LogP contribution is 2.33. The van der Waals surface area contributed by atoms with Crippen LogP contribution < -0.4 is 4.74 Å². The molecular formula is C28H26N4O3. The number of likely N-dealkylation sites (N-methyl/N-ethyl adjacent to an activating group) is 1. The van der Waals surface area contributed by atoms with Crippen LogP contribution in [0, 0.1) is 18.3 Å². The van der Waals surface area contributed by atoms with Crippen LogP contribution in [0.2, 0.25) is 0 Å². The molecule has 0 aliphatic carbocycles. The minimum atomic E-state index is -0.594. The van der Waals surface area contributed by atoms with Crippen LogP contribution >= 0.6 is 0 Å². The highest BCUT2D eigenvalue weighted by Gasteiger charge is 2.33. The Hall–Kier alpha value is -4.44. The van der Waals surface area contributed by atoms with Gasteiger partial charge in [-0.25, -0.2) is 4.68 Å². The van der Waals surface area contributed by atoms with E-state index >= 15 is 0 Å². The first-order chi connectivity index (χ1) is 16.7. The van der Waals surface area contributed by atoms with Gasteiger partial charge >= 0.3 is 0 Å². The van der Waals surface area contributed by atoms with Crippen LogP contribution in [0.15, 0.2) is 71.4 Å². The summed E-state index contributed by atoms with van der Waals surface area (Å²) in [5.74, 6) is -0.282. The number of rotatable bonds is 5. The second-order valence-electron chi connectivity index (χ2n) is 8.70. The van der Waals surface area contributed by atoms with Crippen molar-refractivity contribution < 1.29 is 14.3 Å². The van der Waals surface area contributed by atoms with E-state index in [-0.39, 0.29) is 17.3 Å². The molecule has 2 amide bonds. The van der Waals surface area contributed by atoms with Gasteiger partial charge in [0.05, 0.1) is 11.8 Å². The van der Waals surface area contributed by atoms with Crippen LogP contribution in [0.4, 0.5) is 0 Å². The number of hydrogen-bond acceptors (Lipinski definition) is 5. The van der Waals surface area contributed by atoms with Crippen molar-refractivity contribution in [2.75, 3.05) is 7.05 Å². The zero-order chi connectivity index (χ0) is 25.3. The first kappa shape index (κ1) is 23.7. The first-order valence-corrected chi connectivity index (χ1v) is 11.3. The molecule has 0 atom stereocenters. The summed E-state index contributed by atoms with van der Waals surface area (Å²) in [6, 6.07) is 17.4. The van der Waals surface area contributed by atoms with E-state index in [2.05, 4.69) is 0 Å². The maximum Gasteiger partial charge on any atom is 0.271 e. The molecule has 7 heteroatoms. The van der Waals surface area contributed by atoms with E-state index in [1.807, 2.05) is 81.6 Å². The molecule has 1 aliphatic rings. The Morgan fingerprint density at radius 3 is 2.40 bits per heavy atom. The Kier molecular flexibility index (Phi) is 6.39. The van der Waals surface area contributed by atoms with Crippen molar-refractivity contribution in [2.24, 2.45) is 0 Å². The van der Waals surface area contributed by atoms with Crippen molar-refractivity contribution in [1.82, 2.24) is 14.7 Å². The van der Waals surface area contributed by atoms with Crippen LogP contribution in [-0.4, -0.2) is 39.6 Å². The minimum absolute atomic E-state index is 0.0401. The fraction of sp³-hybridized carbons (Fsp3) is 0.214. The zero-order valence-corrected chi connectivity index (χ0v) is 20.4. The van der Waals surface area contributed by atoms with E-state index in [1.54, 1.807) is 17.7 Å². The van der Waals surface area contributed by atoms with Gasteiger partial charge in [-0.3, -0.25) is 14.5 Å². The lowest BCUT2D eigenvalue weighted by molar-refractivity contribution is -0.138. The fourth-order valence-corrected chi connectivity index (χ4v) is 4.02. The largest absolute Gasteiger partial charge is 0.491 e. The number of hydrogen-bond donors (Lipinski definition) is 0. The van der Waals surface area contributed by atoms with E-state index < -0.39 is 11.8 Å². The Morgan fingerprint density at radius 2 is 1.77 bits per heavy atom. The molecule has 0 unspecified atom stereocenters. The molecule has 3 aromatic rings. The van der Waals surface area contributed by atoms with Crippen LogP contribution in [0.1, 0.15) is 31.9 Å². The normalized spacial score (nSPS) is 15.2. The van der Waals surface area contributed by atoms with Crippen molar-refractivity contribution in [3.05, 3.63) is 82.6 Å². The second kappa shape index (κ2) is 9.43. The van der Waals surface area contributed by atoms with Crippen molar-refractivity contribution in [2.45, 2.75) is 33.8 Å². The zero-order valence-electron chi connectivity index (χ0n) is 20.4. The van der Waals surface area contributed by atoms with Gasteiger partial charge in [0.2, 0.25) is 0 Å². The number of imide groups is 1. The smallest absolute Gasteiger partial charge is 0.271 e. The number of aromatic nitrogens is 2. The highest BCUT2D eigenvalue weighted by atomic mass is 16.5. The maximum absolute atomic E-state index is 13.0. The third kappa shape index (κ3) is 4.51. The maximum atomic E-state index is 13.0. The quantitative estimate of drug-likeness (QED) is 0.396. The molecule has 0 N–H and O–H groups in total. The molecule has 1 aliphatic heterocycles. The number of benzene rings is 2. The fourth-order valence-electron chi connectivity index (χ4n) is 4.02. The topological polar surface area (TPSA) is 88.2 Å². The summed E-state index contributed by atoms with van der Waals surface area (Å²) >= 11 is 0. The second-order valence-corrected chi connectivity index (χ2v) is 8.70. The lowest BCUT2D eigenvalue weighted by atomic mass is 9.93. The highest BCUT2D eigenvalue weighted by molar-refractivity contribution is 6.19. The van der Waals surface area contributed by atoms with E-state index in [1.165, 1.54) is 7.05 Å². The van der Waals surface area contributed by atoms with Gasteiger partial charge in [0, 0.05) is 29.9 Å². The number of aryl methyl sites for hydroxylation is 1. The molecule has 35 heavy (non-hydrogen) atoms. The third-order valence-electron chi connectivity index (χ3n) is 5.83. The van der Waals surface area contributed by atoms with Crippen LogP contribution in [0.5, 0.6) is 5.75 Å². The number of ether oxygens (including phenoxy) is 1. The molecule has 0 saturated heterocycles. The number of carbonyl (C=O) groups excluding carboxylic acids is 2. The molecular weight excluding hydrogens is 440 g/mol. The van der Waals surface area contributed by atoms with Gasteiger partial charge in [-0.15, -0.1) is 0 Å². The lowest BCUT2D eigenvalue weighted by Crippen LogP contribution is -2.39. The minimum Gasteiger partial charge on any atom is -0.491 e. The summed E-state index contributed by atoms with van der Waals surface area (Å²) in [7, 11) is 1.38. The Balaban J connectivity index is 1.92. The average Bonchev–Trinajstić information content (AvgIpc) is 3.25. The summed E-state index contributed by atoms with van der Waals surface area (Å²) < 4.78 is 7.59. The molecule has 7 nitrogen and oxygen atoms in total. The van der Waals surface area contributed by atoms with Gasteiger partial charge in [0.25, 0.3) is 11.8 Å². The summed E-state index contributed by atoms with van der Waals surface area (Å²) in [5.41, 5.74) is 4.69. The van der Waals surface area contributed by atoms with Gasteiger partial charge < -0.3 is 4.74 Å². The number of nitrogens with zero attached hydrogens (tertiary/aromatic N) is 4. The summed E-state index contributed by atoms with van der Waals surface area (Å²) in [5, 5.41) is 14.4.